The molecule has 0 bridgehead atoms. The number of carbonyl (C=O) groups is 1. The molecule has 1 rings (SSSR count). The molecule has 0 aliphatic carbocycles. The molecule has 0 amide bonds. The lowest BCUT2D eigenvalue weighted by molar-refractivity contribution is -0.385. The number of nitro benzene ring substituents is 1. The number of benzene rings is 1. The molecule has 0 radical (unpaired) electrons. The third-order valence-corrected chi connectivity index (χ3v) is 1.99. The Bertz CT molecular complexity index is 512. The van der Waals surface area contributed by atoms with Gasteiger partial charge in [0.05, 0.1) is 23.7 Å². The maximum Gasteiger partial charge on any atom is 0.419 e. The molecule has 1 aromatic carbocycles. The molecular weight excluding hydrogens is 262 g/mol. The van der Waals surface area contributed by atoms with Gasteiger partial charge < -0.3 is 4.74 Å². The predicted octanol–water partition coefficient (Wildman–Crippen LogP) is 2.54. The zero-order valence-electron chi connectivity index (χ0n) is 8.75. The lowest BCUT2D eigenvalue weighted by Crippen LogP contribution is -2.13. The molecule has 0 saturated carbocycles. The monoisotopic (exact) mass is 267 g/mol. The number of hydrogen-bond acceptors (Lipinski definition) is 4. The van der Waals surface area contributed by atoms with Gasteiger partial charge in [-0.25, -0.2) is 9.18 Å². The Morgan fingerprint density at radius 3 is 2.33 bits per heavy atom. The van der Waals surface area contributed by atoms with Crippen molar-refractivity contribution < 1.29 is 32.0 Å². The average molecular weight is 267 g/mol. The van der Waals surface area contributed by atoms with Gasteiger partial charge in [0.25, 0.3) is 5.69 Å². The summed E-state index contributed by atoms with van der Waals surface area (Å²) in [6.45, 7) is 0. The summed E-state index contributed by atoms with van der Waals surface area (Å²) in [5.41, 5.74) is -3.82. The van der Waals surface area contributed by atoms with Crippen LogP contribution < -0.4 is 0 Å². The summed E-state index contributed by atoms with van der Waals surface area (Å²) >= 11 is 0. The topological polar surface area (TPSA) is 69.4 Å². The number of ether oxygens (including phenoxy) is 1. The van der Waals surface area contributed by atoms with Crippen LogP contribution in [0.15, 0.2) is 12.1 Å². The molecule has 9 heteroatoms. The van der Waals surface area contributed by atoms with Crippen LogP contribution in [0.25, 0.3) is 0 Å². The highest BCUT2D eigenvalue weighted by molar-refractivity contribution is 5.94. The van der Waals surface area contributed by atoms with Crippen LogP contribution in [0.1, 0.15) is 15.9 Å². The Hall–Kier alpha value is -2.19. The van der Waals surface area contributed by atoms with E-state index < -0.39 is 39.7 Å². The molecule has 98 valence electrons. The quantitative estimate of drug-likeness (QED) is 0.357. The first-order valence-corrected chi connectivity index (χ1v) is 4.32. The van der Waals surface area contributed by atoms with Crippen LogP contribution in [0.3, 0.4) is 0 Å². The van der Waals surface area contributed by atoms with E-state index in [1.807, 2.05) is 0 Å². The largest absolute Gasteiger partial charge is 0.465 e. The zero-order chi connectivity index (χ0) is 14.1. The Morgan fingerprint density at radius 1 is 1.39 bits per heavy atom. The number of halogens is 4. The Labute approximate surface area is 97.1 Å². The number of alkyl halides is 3. The van der Waals surface area contributed by atoms with E-state index in [4.69, 9.17) is 0 Å². The first-order valence-electron chi connectivity index (χ1n) is 4.32. The first-order chi connectivity index (χ1) is 8.18. The molecule has 0 atom stereocenters. The molecule has 18 heavy (non-hydrogen) atoms. The maximum absolute atomic E-state index is 13.1. The summed E-state index contributed by atoms with van der Waals surface area (Å²) < 4.78 is 54.3. The number of esters is 1. The van der Waals surface area contributed by atoms with Crippen molar-refractivity contribution in [3.63, 3.8) is 0 Å². The molecular formula is C9H5F4NO4. The fourth-order valence-electron chi connectivity index (χ4n) is 1.20. The van der Waals surface area contributed by atoms with Crippen molar-refractivity contribution in [2.75, 3.05) is 7.11 Å². The number of hydrogen-bond donors (Lipinski definition) is 0. The van der Waals surface area contributed by atoms with Gasteiger partial charge in [-0.1, -0.05) is 0 Å². The van der Waals surface area contributed by atoms with Gasteiger partial charge in [-0.05, 0) is 6.07 Å². The molecule has 1 aromatic rings. The zero-order valence-corrected chi connectivity index (χ0v) is 8.75. The standard InChI is InChI=1S/C9H5F4NO4/c1-18-8(15)4-2-5(9(11,12)13)6(10)3-7(4)14(16)17/h2-3H,1H3. The Balaban J connectivity index is 3.56. The van der Waals surface area contributed by atoms with Crippen molar-refractivity contribution in [3.05, 3.63) is 39.2 Å². The van der Waals surface area contributed by atoms with Crippen molar-refractivity contribution in [3.8, 4) is 0 Å². The summed E-state index contributed by atoms with van der Waals surface area (Å²) in [7, 11) is 0.836. The van der Waals surface area contributed by atoms with Crippen LogP contribution in [-0.2, 0) is 10.9 Å². The van der Waals surface area contributed by atoms with E-state index in [2.05, 4.69) is 4.74 Å². The van der Waals surface area contributed by atoms with Crippen molar-refractivity contribution in [2.45, 2.75) is 6.18 Å². The van der Waals surface area contributed by atoms with E-state index in [0.29, 0.717) is 0 Å². The molecule has 0 spiro atoms. The molecule has 0 unspecified atom stereocenters. The van der Waals surface area contributed by atoms with Crippen molar-refractivity contribution in [1.82, 2.24) is 0 Å². The SMILES string of the molecule is COC(=O)c1cc(C(F)(F)F)c(F)cc1[N+](=O)[O-]. The van der Waals surface area contributed by atoms with E-state index in [1.54, 1.807) is 0 Å². The first kappa shape index (κ1) is 13.9. The lowest BCUT2D eigenvalue weighted by atomic mass is 10.1. The second kappa shape index (κ2) is 4.59. The smallest absolute Gasteiger partial charge is 0.419 e. The molecule has 0 N–H and O–H groups in total. The summed E-state index contributed by atoms with van der Waals surface area (Å²) in [4.78, 5) is 20.4. The van der Waals surface area contributed by atoms with E-state index >= 15 is 0 Å². The van der Waals surface area contributed by atoms with Gasteiger partial charge in [0.15, 0.2) is 0 Å². The van der Waals surface area contributed by atoms with Gasteiger partial charge in [0.1, 0.15) is 11.4 Å². The van der Waals surface area contributed by atoms with Crippen LogP contribution in [-0.4, -0.2) is 18.0 Å². The number of carbonyl (C=O) groups excluding carboxylic acids is 1. The summed E-state index contributed by atoms with van der Waals surface area (Å²) in [6, 6.07) is 0.0916. The second-order valence-corrected chi connectivity index (χ2v) is 3.10. The third kappa shape index (κ3) is 2.55. The van der Waals surface area contributed by atoms with Gasteiger partial charge in [0, 0.05) is 0 Å². The molecule has 0 aliphatic rings. The van der Waals surface area contributed by atoms with Crippen LogP contribution in [0, 0.1) is 15.9 Å². The molecule has 0 aliphatic heterocycles. The van der Waals surface area contributed by atoms with Crippen molar-refractivity contribution >= 4 is 11.7 Å². The van der Waals surface area contributed by atoms with Crippen LogP contribution in [0.4, 0.5) is 23.2 Å². The van der Waals surface area contributed by atoms with Gasteiger partial charge in [-0.2, -0.15) is 13.2 Å². The fourth-order valence-corrected chi connectivity index (χ4v) is 1.20. The van der Waals surface area contributed by atoms with Crippen molar-refractivity contribution in [2.24, 2.45) is 0 Å². The minimum absolute atomic E-state index is 0.0368. The normalized spacial score (nSPS) is 11.2. The summed E-state index contributed by atoms with van der Waals surface area (Å²) in [5.74, 6) is -3.19. The number of nitrogens with zero attached hydrogens (tertiary/aromatic N) is 1. The predicted molar refractivity (Wildman–Crippen MR) is 49.4 cm³/mol. The maximum atomic E-state index is 13.1. The summed E-state index contributed by atoms with van der Waals surface area (Å²) in [6.07, 6.45) is -5.07. The number of rotatable bonds is 2. The highest BCUT2D eigenvalue weighted by Gasteiger charge is 2.37. The van der Waals surface area contributed by atoms with Gasteiger partial charge in [-0.15, -0.1) is 0 Å². The minimum Gasteiger partial charge on any atom is -0.465 e. The second-order valence-electron chi connectivity index (χ2n) is 3.10. The highest BCUT2D eigenvalue weighted by atomic mass is 19.4. The lowest BCUT2D eigenvalue weighted by Gasteiger charge is -2.09. The average Bonchev–Trinajstić information content (AvgIpc) is 2.25. The molecule has 0 aromatic heterocycles. The molecule has 0 saturated heterocycles. The molecule has 0 fully saturated rings. The van der Waals surface area contributed by atoms with E-state index in [0.717, 1.165) is 7.11 Å². The van der Waals surface area contributed by atoms with Crippen molar-refractivity contribution in [1.29, 1.82) is 0 Å². The highest BCUT2D eigenvalue weighted by Crippen LogP contribution is 2.35. The van der Waals surface area contributed by atoms with Crippen LogP contribution in [0.5, 0.6) is 0 Å². The van der Waals surface area contributed by atoms with E-state index in [9.17, 15) is 32.5 Å². The van der Waals surface area contributed by atoms with Crippen LogP contribution >= 0.6 is 0 Å². The van der Waals surface area contributed by atoms with E-state index in [-0.39, 0.29) is 12.1 Å². The minimum atomic E-state index is -5.07. The molecule has 5 nitrogen and oxygen atoms in total. The fraction of sp³-hybridized carbons (Fsp3) is 0.222. The van der Waals surface area contributed by atoms with Crippen LogP contribution in [0.2, 0.25) is 0 Å². The number of nitro groups is 1. The van der Waals surface area contributed by atoms with Gasteiger partial charge in [-0.3, -0.25) is 10.1 Å². The van der Waals surface area contributed by atoms with Gasteiger partial charge >= 0.3 is 12.1 Å². The Kier molecular flexibility index (Phi) is 3.54. The molecule has 0 heterocycles. The Morgan fingerprint density at radius 2 is 1.94 bits per heavy atom. The third-order valence-electron chi connectivity index (χ3n) is 1.99. The van der Waals surface area contributed by atoms with E-state index in [1.165, 1.54) is 0 Å². The summed E-state index contributed by atoms with van der Waals surface area (Å²) in [5, 5.41) is 10.5. The van der Waals surface area contributed by atoms with Gasteiger partial charge in [0.2, 0.25) is 0 Å². The number of methoxy groups -OCH3 is 1.